The van der Waals surface area contributed by atoms with Gasteiger partial charge in [0.2, 0.25) is 0 Å². The summed E-state index contributed by atoms with van der Waals surface area (Å²) in [5.74, 6) is 0. The van der Waals surface area contributed by atoms with E-state index in [-0.39, 0.29) is 5.56 Å². The van der Waals surface area contributed by atoms with E-state index in [9.17, 15) is 4.79 Å². The van der Waals surface area contributed by atoms with Gasteiger partial charge in [0.25, 0.3) is 5.56 Å². The largest absolute Gasteiger partial charge is 0.340 e. The van der Waals surface area contributed by atoms with Crippen LogP contribution in [0, 0.1) is 6.92 Å². The van der Waals surface area contributed by atoms with Crippen molar-refractivity contribution in [2.24, 2.45) is 0 Å². The van der Waals surface area contributed by atoms with Gasteiger partial charge in [-0.05, 0) is 44.4 Å². The van der Waals surface area contributed by atoms with Gasteiger partial charge >= 0.3 is 0 Å². The molecule has 2 aromatic rings. The number of aromatic nitrogens is 1. The van der Waals surface area contributed by atoms with Gasteiger partial charge in [-0.15, -0.1) is 0 Å². The standard InChI is InChI=1S/C14H18N2O/c1-9(2)15-8-12-7-11-6-10(3)4-5-13(11)16-14(12)17/h4-7,9,15H,8H2,1-3H3,(H,16,17)/p+1. The van der Waals surface area contributed by atoms with Crippen molar-refractivity contribution in [3.05, 3.63) is 45.7 Å². The predicted octanol–water partition coefficient (Wildman–Crippen LogP) is 1.31. The first-order chi connectivity index (χ1) is 8.06. The number of pyridine rings is 1. The Morgan fingerprint density at radius 2 is 2.06 bits per heavy atom. The number of aryl methyl sites for hydroxylation is 1. The van der Waals surface area contributed by atoms with Gasteiger partial charge in [0.15, 0.2) is 0 Å². The summed E-state index contributed by atoms with van der Waals surface area (Å²) in [5, 5.41) is 3.27. The summed E-state index contributed by atoms with van der Waals surface area (Å²) in [6.07, 6.45) is 0. The van der Waals surface area contributed by atoms with E-state index in [1.807, 2.05) is 18.2 Å². The van der Waals surface area contributed by atoms with Gasteiger partial charge in [-0.1, -0.05) is 11.6 Å². The van der Waals surface area contributed by atoms with Gasteiger partial charge in [-0.25, -0.2) is 0 Å². The first-order valence-electron chi connectivity index (χ1n) is 6.02. The summed E-state index contributed by atoms with van der Waals surface area (Å²) >= 11 is 0. The quantitative estimate of drug-likeness (QED) is 0.822. The summed E-state index contributed by atoms with van der Waals surface area (Å²) in [6.45, 7) is 7.04. The maximum Gasteiger partial charge on any atom is 0.257 e. The third kappa shape index (κ3) is 2.74. The molecule has 0 fully saturated rings. The molecule has 0 radical (unpaired) electrons. The third-order valence-electron chi connectivity index (χ3n) is 2.89. The molecule has 0 bridgehead atoms. The minimum Gasteiger partial charge on any atom is -0.340 e. The summed E-state index contributed by atoms with van der Waals surface area (Å²) in [7, 11) is 0. The highest BCUT2D eigenvalue weighted by Gasteiger charge is 2.05. The fourth-order valence-electron chi connectivity index (χ4n) is 1.89. The van der Waals surface area contributed by atoms with Crippen LogP contribution in [0.25, 0.3) is 10.9 Å². The molecule has 0 saturated carbocycles. The number of aromatic amines is 1. The fraction of sp³-hybridized carbons (Fsp3) is 0.357. The number of hydrogen-bond acceptors (Lipinski definition) is 1. The Kier molecular flexibility index (Phi) is 3.29. The Hall–Kier alpha value is -1.61. The molecule has 3 N–H and O–H groups in total. The molecule has 2 rings (SSSR count). The van der Waals surface area contributed by atoms with Crippen molar-refractivity contribution in [1.29, 1.82) is 0 Å². The number of rotatable bonds is 3. The summed E-state index contributed by atoms with van der Waals surface area (Å²) < 4.78 is 0. The lowest BCUT2D eigenvalue weighted by molar-refractivity contribution is -0.698. The van der Waals surface area contributed by atoms with E-state index in [4.69, 9.17) is 0 Å². The van der Waals surface area contributed by atoms with E-state index in [1.54, 1.807) is 0 Å². The number of hydrogen-bond donors (Lipinski definition) is 2. The van der Waals surface area contributed by atoms with Crippen molar-refractivity contribution < 1.29 is 5.32 Å². The second-order valence-corrected chi connectivity index (χ2v) is 4.90. The zero-order chi connectivity index (χ0) is 12.4. The molecule has 3 nitrogen and oxygen atoms in total. The summed E-state index contributed by atoms with van der Waals surface area (Å²) in [5.41, 5.74) is 2.99. The molecule has 17 heavy (non-hydrogen) atoms. The Morgan fingerprint density at radius 3 is 2.76 bits per heavy atom. The molecule has 0 atom stereocenters. The van der Waals surface area contributed by atoms with E-state index in [2.05, 4.69) is 37.1 Å². The highest BCUT2D eigenvalue weighted by atomic mass is 16.1. The van der Waals surface area contributed by atoms with Crippen LogP contribution in [-0.2, 0) is 6.54 Å². The van der Waals surface area contributed by atoms with Crippen molar-refractivity contribution >= 4 is 10.9 Å². The molecular weight excluding hydrogens is 212 g/mol. The van der Waals surface area contributed by atoms with E-state index in [0.29, 0.717) is 6.04 Å². The highest BCUT2D eigenvalue weighted by molar-refractivity contribution is 5.79. The van der Waals surface area contributed by atoms with Gasteiger partial charge in [0.1, 0.15) is 6.54 Å². The van der Waals surface area contributed by atoms with Crippen molar-refractivity contribution in [3.8, 4) is 0 Å². The maximum absolute atomic E-state index is 11.9. The molecule has 0 saturated heterocycles. The highest BCUT2D eigenvalue weighted by Crippen LogP contribution is 2.12. The molecule has 0 aliphatic rings. The van der Waals surface area contributed by atoms with Crippen molar-refractivity contribution in [2.45, 2.75) is 33.4 Å². The normalized spacial score (nSPS) is 11.3. The molecule has 90 valence electrons. The van der Waals surface area contributed by atoms with Crippen LogP contribution in [-0.4, -0.2) is 11.0 Å². The van der Waals surface area contributed by atoms with E-state index < -0.39 is 0 Å². The number of quaternary nitrogens is 1. The van der Waals surface area contributed by atoms with E-state index in [1.165, 1.54) is 5.56 Å². The molecule has 0 unspecified atom stereocenters. The first kappa shape index (κ1) is 11.9. The zero-order valence-corrected chi connectivity index (χ0v) is 10.6. The molecule has 0 aliphatic carbocycles. The molecule has 0 amide bonds. The minimum absolute atomic E-state index is 0.0262. The van der Waals surface area contributed by atoms with Gasteiger partial charge in [0, 0.05) is 5.52 Å². The van der Waals surface area contributed by atoms with Crippen LogP contribution >= 0.6 is 0 Å². The van der Waals surface area contributed by atoms with E-state index >= 15 is 0 Å². The fourth-order valence-corrected chi connectivity index (χ4v) is 1.89. The smallest absolute Gasteiger partial charge is 0.257 e. The number of benzene rings is 1. The number of nitrogens with two attached hydrogens (primary N) is 1. The lowest BCUT2D eigenvalue weighted by Crippen LogP contribution is -2.87. The molecule has 0 aliphatic heterocycles. The summed E-state index contributed by atoms with van der Waals surface area (Å²) in [6, 6.07) is 8.58. The van der Waals surface area contributed by atoms with Crippen LogP contribution < -0.4 is 10.9 Å². The third-order valence-corrected chi connectivity index (χ3v) is 2.89. The van der Waals surface area contributed by atoms with Gasteiger partial charge in [0.05, 0.1) is 11.6 Å². The van der Waals surface area contributed by atoms with Crippen molar-refractivity contribution in [2.75, 3.05) is 0 Å². The lowest BCUT2D eigenvalue weighted by Gasteiger charge is -2.06. The maximum atomic E-state index is 11.9. The zero-order valence-electron chi connectivity index (χ0n) is 10.6. The molecule has 3 heteroatoms. The lowest BCUT2D eigenvalue weighted by atomic mass is 10.1. The van der Waals surface area contributed by atoms with Crippen LogP contribution in [0.3, 0.4) is 0 Å². The number of nitrogens with one attached hydrogen (secondary N) is 1. The van der Waals surface area contributed by atoms with Gasteiger partial charge in [-0.2, -0.15) is 0 Å². The summed E-state index contributed by atoms with van der Waals surface area (Å²) in [4.78, 5) is 14.8. The van der Waals surface area contributed by atoms with E-state index in [0.717, 1.165) is 23.0 Å². The Bertz CT molecular complexity index is 584. The number of H-pyrrole nitrogens is 1. The second kappa shape index (κ2) is 4.72. The van der Waals surface area contributed by atoms with Gasteiger partial charge < -0.3 is 10.3 Å². The van der Waals surface area contributed by atoms with Crippen LogP contribution in [0.2, 0.25) is 0 Å². The topological polar surface area (TPSA) is 49.5 Å². The second-order valence-electron chi connectivity index (χ2n) is 4.90. The predicted molar refractivity (Wildman–Crippen MR) is 70.1 cm³/mol. The van der Waals surface area contributed by atoms with Crippen LogP contribution in [0.5, 0.6) is 0 Å². The monoisotopic (exact) mass is 231 g/mol. The van der Waals surface area contributed by atoms with Crippen molar-refractivity contribution in [3.63, 3.8) is 0 Å². The minimum atomic E-state index is 0.0262. The Balaban J connectivity index is 2.43. The average molecular weight is 231 g/mol. The first-order valence-corrected chi connectivity index (χ1v) is 6.02. The molecular formula is C14H19N2O+. The molecule has 0 spiro atoms. The van der Waals surface area contributed by atoms with Crippen LogP contribution in [0.15, 0.2) is 29.1 Å². The molecule has 1 aromatic carbocycles. The average Bonchev–Trinajstić information content (AvgIpc) is 2.26. The molecule has 1 heterocycles. The van der Waals surface area contributed by atoms with Crippen LogP contribution in [0.4, 0.5) is 0 Å². The Morgan fingerprint density at radius 1 is 1.29 bits per heavy atom. The SMILES string of the molecule is Cc1ccc2[nH]c(=O)c(C[NH2+]C(C)C)cc2c1. The number of fused-ring (bicyclic) bond motifs is 1. The van der Waals surface area contributed by atoms with Crippen LogP contribution in [0.1, 0.15) is 25.0 Å². The van der Waals surface area contributed by atoms with Gasteiger partial charge in [-0.3, -0.25) is 4.79 Å². The van der Waals surface area contributed by atoms with Crippen molar-refractivity contribution in [1.82, 2.24) is 4.98 Å². The Labute approximate surface area is 101 Å². The molecule has 1 aromatic heterocycles.